The number of benzene rings is 1. The van der Waals surface area contributed by atoms with Crippen LogP contribution in [-0.4, -0.2) is 23.6 Å². The minimum atomic E-state index is -3.78. The molecule has 26 heavy (non-hydrogen) atoms. The maximum Gasteiger partial charge on any atom is 0.264 e. The second-order valence-electron chi connectivity index (χ2n) is 5.88. The van der Waals surface area contributed by atoms with Crippen LogP contribution >= 0.6 is 0 Å². The number of nitrogens with zero attached hydrogens (tertiary/aromatic N) is 2. The number of nitrogens with one attached hydrogen (secondary N) is 2. The maximum absolute atomic E-state index is 13.0. The molecule has 0 atom stereocenters. The Morgan fingerprint density at radius 2 is 1.88 bits per heavy atom. The molecule has 0 aliphatic heterocycles. The van der Waals surface area contributed by atoms with E-state index in [9.17, 15) is 12.8 Å². The Morgan fingerprint density at radius 1 is 1.19 bits per heavy atom. The summed E-state index contributed by atoms with van der Waals surface area (Å²) in [4.78, 5) is 3.16. The first-order valence-corrected chi connectivity index (χ1v) is 9.56. The lowest BCUT2D eigenvalue weighted by Gasteiger charge is -2.08. The Morgan fingerprint density at radius 3 is 2.50 bits per heavy atom. The van der Waals surface area contributed by atoms with Crippen LogP contribution in [0, 0.1) is 19.7 Å². The van der Waals surface area contributed by atoms with Gasteiger partial charge >= 0.3 is 0 Å². The second-order valence-corrected chi connectivity index (χ2v) is 7.59. The second kappa shape index (κ2) is 7.00. The number of hydrogen-bond donors (Lipinski definition) is 2. The monoisotopic (exact) mass is 378 g/mol. The minimum absolute atomic E-state index is 0.0581. The van der Waals surface area contributed by atoms with Gasteiger partial charge in [-0.15, -0.1) is 10.2 Å². The number of sulfonamides is 1. The summed E-state index contributed by atoms with van der Waals surface area (Å²) in [5, 5.41) is 7.86. The van der Waals surface area contributed by atoms with Gasteiger partial charge in [-0.05, 0) is 37.1 Å². The van der Waals surface area contributed by atoms with Gasteiger partial charge in [0.15, 0.2) is 0 Å². The smallest absolute Gasteiger partial charge is 0.264 e. The van der Waals surface area contributed by atoms with Crippen molar-refractivity contribution in [2.24, 2.45) is 0 Å². The summed E-state index contributed by atoms with van der Waals surface area (Å²) < 4.78 is 46.5. The number of H-pyrrole nitrogens is 1. The van der Waals surface area contributed by atoms with Crippen molar-refractivity contribution in [2.45, 2.75) is 38.6 Å². The third kappa shape index (κ3) is 3.54. The van der Waals surface area contributed by atoms with E-state index in [2.05, 4.69) is 19.9 Å². The molecule has 3 rings (SSSR count). The lowest BCUT2D eigenvalue weighted by atomic mass is 10.2. The van der Waals surface area contributed by atoms with Crippen LogP contribution in [0.1, 0.15) is 29.6 Å². The van der Waals surface area contributed by atoms with E-state index in [0.717, 1.165) is 0 Å². The molecule has 0 saturated carbocycles. The average molecular weight is 378 g/mol. The summed E-state index contributed by atoms with van der Waals surface area (Å²) in [6.07, 6.45) is 0.593. The Kier molecular flexibility index (Phi) is 4.92. The first-order chi connectivity index (χ1) is 12.3. The van der Waals surface area contributed by atoms with Gasteiger partial charge < -0.3 is 9.40 Å². The first-order valence-electron chi connectivity index (χ1n) is 8.08. The Bertz CT molecular complexity index is 1020. The summed E-state index contributed by atoms with van der Waals surface area (Å²) in [6.45, 7) is 5.29. The number of hydrogen-bond acceptors (Lipinski definition) is 5. The topological polar surface area (TPSA) is 101 Å². The van der Waals surface area contributed by atoms with E-state index in [1.165, 1.54) is 24.3 Å². The Balaban J connectivity index is 1.88. The van der Waals surface area contributed by atoms with Gasteiger partial charge in [0.2, 0.25) is 15.9 Å². The van der Waals surface area contributed by atoms with Gasteiger partial charge in [0.1, 0.15) is 16.4 Å². The summed E-state index contributed by atoms with van der Waals surface area (Å²) in [6, 6.07) is 5.64. The van der Waals surface area contributed by atoms with Crippen molar-refractivity contribution in [3.8, 4) is 11.6 Å². The zero-order chi connectivity index (χ0) is 18.9. The molecule has 2 N–H and O–H groups in total. The molecule has 0 spiro atoms. The molecular formula is C17H19FN4O3S. The van der Waals surface area contributed by atoms with Gasteiger partial charge in [-0.2, -0.15) is 0 Å². The lowest BCUT2D eigenvalue weighted by molar-refractivity contribution is 0.511. The van der Waals surface area contributed by atoms with Crippen molar-refractivity contribution < 1.29 is 17.2 Å². The fourth-order valence-corrected chi connectivity index (χ4v) is 4.16. The fraction of sp³-hybridized carbons (Fsp3) is 0.294. The van der Waals surface area contributed by atoms with Crippen LogP contribution in [0.15, 0.2) is 33.6 Å². The predicted molar refractivity (Wildman–Crippen MR) is 93.4 cm³/mol. The molecule has 0 fully saturated rings. The molecule has 2 heterocycles. The van der Waals surface area contributed by atoms with Crippen LogP contribution in [0.4, 0.5) is 4.39 Å². The van der Waals surface area contributed by atoms with E-state index in [-0.39, 0.29) is 23.1 Å². The van der Waals surface area contributed by atoms with Gasteiger partial charge in [-0.1, -0.05) is 19.1 Å². The van der Waals surface area contributed by atoms with Crippen molar-refractivity contribution in [3.63, 3.8) is 0 Å². The van der Waals surface area contributed by atoms with Crippen molar-refractivity contribution in [1.82, 2.24) is 19.9 Å². The van der Waals surface area contributed by atoms with Crippen LogP contribution in [0.3, 0.4) is 0 Å². The zero-order valence-corrected chi connectivity index (χ0v) is 15.4. The van der Waals surface area contributed by atoms with E-state index in [0.29, 0.717) is 34.8 Å². The van der Waals surface area contributed by atoms with Gasteiger partial charge in [-0.25, -0.2) is 17.5 Å². The van der Waals surface area contributed by atoms with Crippen LogP contribution in [0.25, 0.3) is 11.6 Å². The number of aromatic amines is 1. The molecule has 0 amide bonds. The normalized spacial score (nSPS) is 11.8. The predicted octanol–water partition coefficient (Wildman–Crippen LogP) is 2.86. The van der Waals surface area contributed by atoms with E-state index >= 15 is 0 Å². The molecule has 3 aromatic rings. The molecular weight excluding hydrogens is 359 g/mol. The lowest BCUT2D eigenvalue weighted by Crippen LogP contribution is -2.24. The standard InChI is InChI=1S/C17H19FN4O3S/c1-4-14-21-22-17(25-14)15-10(2)16(11(3)20-15)26(23,24)19-9-12-5-7-13(18)8-6-12/h5-8,19-20H,4,9H2,1-3H3. The molecule has 0 aliphatic carbocycles. The zero-order valence-electron chi connectivity index (χ0n) is 14.6. The van der Waals surface area contributed by atoms with Crippen molar-refractivity contribution in [2.75, 3.05) is 0 Å². The van der Waals surface area contributed by atoms with Crippen LogP contribution < -0.4 is 4.72 Å². The highest BCUT2D eigenvalue weighted by molar-refractivity contribution is 7.89. The van der Waals surface area contributed by atoms with Crippen LogP contribution in [0.2, 0.25) is 0 Å². The largest absolute Gasteiger partial charge is 0.419 e. The molecule has 138 valence electrons. The summed E-state index contributed by atoms with van der Waals surface area (Å²) in [7, 11) is -3.78. The Labute approximate surface area is 150 Å². The minimum Gasteiger partial charge on any atom is -0.419 e. The fourth-order valence-electron chi connectivity index (χ4n) is 2.70. The molecule has 0 radical (unpaired) electrons. The third-order valence-corrected chi connectivity index (χ3v) is 5.67. The van der Waals surface area contributed by atoms with E-state index in [1.807, 2.05) is 6.92 Å². The van der Waals surface area contributed by atoms with E-state index < -0.39 is 10.0 Å². The number of aromatic nitrogens is 3. The van der Waals surface area contributed by atoms with E-state index in [1.54, 1.807) is 13.8 Å². The Hall–Kier alpha value is -2.52. The molecule has 0 aliphatic rings. The highest BCUT2D eigenvalue weighted by Gasteiger charge is 2.26. The number of rotatable bonds is 6. The summed E-state index contributed by atoms with van der Waals surface area (Å²) >= 11 is 0. The molecule has 0 bridgehead atoms. The van der Waals surface area contributed by atoms with Gasteiger partial charge in [0.25, 0.3) is 5.89 Å². The molecule has 0 saturated heterocycles. The van der Waals surface area contributed by atoms with Gasteiger partial charge in [0.05, 0.1) is 0 Å². The molecule has 7 nitrogen and oxygen atoms in total. The first kappa shape index (κ1) is 18.3. The summed E-state index contributed by atoms with van der Waals surface area (Å²) in [5.74, 6) is 0.359. The van der Waals surface area contributed by atoms with Crippen LogP contribution in [0.5, 0.6) is 0 Å². The van der Waals surface area contributed by atoms with Gasteiger partial charge in [0, 0.05) is 18.7 Å². The molecule has 0 unspecified atom stereocenters. The highest BCUT2D eigenvalue weighted by Crippen LogP contribution is 2.29. The van der Waals surface area contributed by atoms with Crippen molar-refractivity contribution in [1.29, 1.82) is 0 Å². The SMILES string of the molecule is CCc1nnc(-c2[nH]c(C)c(S(=O)(=O)NCc3ccc(F)cc3)c2C)o1. The molecule has 2 aromatic heterocycles. The quantitative estimate of drug-likeness (QED) is 0.687. The van der Waals surface area contributed by atoms with E-state index in [4.69, 9.17) is 4.42 Å². The third-order valence-electron chi connectivity index (χ3n) is 4.00. The molecule has 9 heteroatoms. The van der Waals surface area contributed by atoms with Crippen molar-refractivity contribution >= 4 is 10.0 Å². The summed E-state index contributed by atoms with van der Waals surface area (Å²) in [5.41, 5.74) is 2.11. The van der Waals surface area contributed by atoms with Gasteiger partial charge in [-0.3, -0.25) is 0 Å². The van der Waals surface area contributed by atoms with Crippen LogP contribution in [-0.2, 0) is 23.0 Å². The van der Waals surface area contributed by atoms with Crippen molar-refractivity contribution in [3.05, 3.63) is 52.8 Å². The number of halogens is 1. The maximum atomic E-state index is 13.0. The molecule has 1 aromatic carbocycles. The average Bonchev–Trinajstić information content (AvgIpc) is 3.18. The highest BCUT2D eigenvalue weighted by atomic mass is 32.2. The number of aryl methyl sites for hydroxylation is 2.